The van der Waals surface area contributed by atoms with Crippen LogP contribution in [0.4, 0.5) is 0 Å². The van der Waals surface area contributed by atoms with E-state index in [1.807, 2.05) is 25.1 Å². The van der Waals surface area contributed by atoms with Gasteiger partial charge in [-0.25, -0.2) is 0 Å². The lowest BCUT2D eigenvalue weighted by Gasteiger charge is -2.12. The summed E-state index contributed by atoms with van der Waals surface area (Å²) >= 11 is 1.44. The minimum Gasteiger partial charge on any atom is -0.497 e. The molecule has 0 aliphatic rings. The molecular formula is C21H23N3O2S. The molecule has 0 radical (unpaired) electrons. The third-order valence-corrected chi connectivity index (χ3v) is 5.53. The zero-order valence-corrected chi connectivity index (χ0v) is 16.8. The molecule has 1 aromatic heterocycles. The van der Waals surface area contributed by atoms with Gasteiger partial charge in [-0.3, -0.25) is 4.79 Å². The van der Waals surface area contributed by atoms with Gasteiger partial charge in [0, 0.05) is 17.7 Å². The van der Waals surface area contributed by atoms with Gasteiger partial charge in [-0.15, -0.1) is 10.2 Å². The molecule has 0 amide bonds. The first-order valence-electron chi connectivity index (χ1n) is 8.89. The Morgan fingerprint density at radius 3 is 2.48 bits per heavy atom. The zero-order chi connectivity index (χ0) is 19.4. The lowest BCUT2D eigenvalue weighted by atomic mass is 10.1. The van der Waals surface area contributed by atoms with E-state index in [-0.39, 0.29) is 11.0 Å². The average Bonchev–Trinajstić information content (AvgIpc) is 3.10. The first-order valence-corrected chi connectivity index (χ1v) is 9.77. The summed E-state index contributed by atoms with van der Waals surface area (Å²) in [5.41, 5.74) is 2.88. The van der Waals surface area contributed by atoms with Crippen molar-refractivity contribution in [3.8, 4) is 17.1 Å². The molecule has 6 heteroatoms. The highest BCUT2D eigenvalue weighted by atomic mass is 32.2. The van der Waals surface area contributed by atoms with Gasteiger partial charge in [0.25, 0.3) is 0 Å². The van der Waals surface area contributed by atoms with Gasteiger partial charge in [-0.05, 0) is 50.6 Å². The van der Waals surface area contributed by atoms with Crippen LogP contribution in [0.5, 0.6) is 5.75 Å². The van der Waals surface area contributed by atoms with Crippen LogP contribution in [0.1, 0.15) is 29.8 Å². The quantitative estimate of drug-likeness (QED) is 0.441. The second-order valence-corrected chi connectivity index (χ2v) is 7.53. The molecule has 3 aromatic rings. The number of hydrogen-bond donors (Lipinski definition) is 0. The fourth-order valence-electron chi connectivity index (χ4n) is 2.89. The van der Waals surface area contributed by atoms with Gasteiger partial charge in [0.05, 0.1) is 12.4 Å². The molecule has 1 heterocycles. The molecule has 5 nitrogen and oxygen atoms in total. The Morgan fingerprint density at radius 1 is 1.15 bits per heavy atom. The van der Waals surface area contributed by atoms with E-state index in [1.54, 1.807) is 31.4 Å². The van der Waals surface area contributed by atoms with Crippen molar-refractivity contribution >= 4 is 17.5 Å². The third-order valence-electron chi connectivity index (χ3n) is 4.44. The van der Waals surface area contributed by atoms with Crippen molar-refractivity contribution in [1.29, 1.82) is 0 Å². The van der Waals surface area contributed by atoms with Crippen LogP contribution in [-0.2, 0) is 6.54 Å². The highest BCUT2D eigenvalue weighted by Gasteiger charge is 2.21. The van der Waals surface area contributed by atoms with Crippen LogP contribution in [0.25, 0.3) is 11.4 Å². The van der Waals surface area contributed by atoms with Crippen LogP contribution in [0, 0.1) is 6.92 Å². The van der Waals surface area contributed by atoms with E-state index in [0.717, 1.165) is 34.4 Å². The Bertz CT molecular complexity index is 935. The van der Waals surface area contributed by atoms with Gasteiger partial charge in [0.15, 0.2) is 16.8 Å². The summed E-state index contributed by atoms with van der Waals surface area (Å²) in [6.07, 6.45) is 0. The number of carbonyl (C=O) groups excluding carboxylic acids is 1. The number of ether oxygens (including phenoxy) is 1. The number of methoxy groups -OCH3 is 1. The van der Waals surface area contributed by atoms with Crippen molar-refractivity contribution in [3.63, 3.8) is 0 Å². The summed E-state index contributed by atoms with van der Waals surface area (Å²) in [5.74, 6) is 1.63. The van der Waals surface area contributed by atoms with Gasteiger partial charge in [0.2, 0.25) is 0 Å². The molecule has 0 aliphatic carbocycles. The van der Waals surface area contributed by atoms with Crippen molar-refractivity contribution in [3.05, 3.63) is 59.7 Å². The van der Waals surface area contributed by atoms with E-state index in [2.05, 4.69) is 34.7 Å². The van der Waals surface area contributed by atoms with Gasteiger partial charge in [-0.1, -0.05) is 36.0 Å². The molecule has 0 aliphatic heterocycles. The Kier molecular flexibility index (Phi) is 5.96. The predicted octanol–water partition coefficient (Wildman–Crippen LogP) is 4.65. The Hall–Kier alpha value is -2.60. The molecule has 1 atom stereocenters. The summed E-state index contributed by atoms with van der Waals surface area (Å²) in [6, 6.07) is 15.3. The Labute approximate surface area is 163 Å². The average molecular weight is 382 g/mol. The highest BCUT2D eigenvalue weighted by Crippen LogP contribution is 2.29. The van der Waals surface area contributed by atoms with Crippen molar-refractivity contribution in [2.45, 2.75) is 37.7 Å². The van der Waals surface area contributed by atoms with E-state index in [4.69, 9.17) is 4.74 Å². The molecule has 0 saturated heterocycles. The number of aromatic nitrogens is 3. The number of aryl methyl sites for hydroxylation is 1. The molecule has 0 bridgehead atoms. The fraction of sp³-hybridized carbons (Fsp3) is 0.286. The van der Waals surface area contributed by atoms with E-state index in [9.17, 15) is 4.79 Å². The second kappa shape index (κ2) is 8.39. The van der Waals surface area contributed by atoms with Crippen LogP contribution in [0.15, 0.2) is 53.7 Å². The monoisotopic (exact) mass is 381 g/mol. The van der Waals surface area contributed by atoms with E-state index in [1.165, 1.54) is 11.8 Å². The number of benzene rings is 2. The van der Waals surface area contributed by atoms with Crippen LogP contribution in [-0.4, -0.2) is 32.9 Å². The molecule has 0 N–H and O–H groups in total. The normalized spacial score (nSPS) is 12.0. The van der Waals surface area contributed by atoms with Crippen LogP contribution >= 0.6 is 11.8 Å². The van der Waals surface area contributed by atoms with Crippen LogP contribution in [0.2, 0.25) is 0 Å². The molecular weight excluding hydrogens is 358 g/mol. The number of nitrogens with zero attached hydrogens (tertiary/aromatic N) is 3. The first kappa shape index (κ1) is 19.2. The minimum atomic E-state index is -0.266. The third kappa shape index (κ3) is 4.06. The Morgan fingerprint density at radius 2 is 1.85 bits per heavy atom. The van der Waals surface area contributed by atoms with E-state index in [0.29, 0.717) is 5.56 Å². The predicted molar refractivity (Wildman–Crippen MR) is 109 cm³/mol. The lowest BCUT2D eigenvalue weighted by Crippen LogP contribution is -2.14. The summed E-state index contributed by atoms with van der Waals surface area (Å²) in [7, 11) is 1.61. The molecule has 27 heavy (non-hydrogen) atoms. The smallest absolute Gasteiger partial charge is 0.192 e. The number of ketones is 1. The van der Waals surface area contributed by atoms with Gasteiger partial charge < -0.3 is 9.30 Å². The molecule has 0 fully saturated rings. The molecule has 0 saturated carbocycles. The standard InChI is InChI=1S/C21H23N3O2S/c1-5-24-20(18-9-7-6-8-14(18)2)22-23-21(24)27-15(3)19(25)16-10-12-17(26-4)13-11-16/h6-13,15H,5H2,1-4H3/t15-/m1/s1. The van der Waals surface area contributed by atoms with Crippen molar-refractivity contribution in [1.82, 2.24) is 14.8 Å². The zero-order valence-electron chi connectivity index (χ0n) is 16.0. The highest BCUT2D eigenvalue weighted by molar-refractivity contribution is 8.00. The van der Waals surface area contributed by atoms with Crippen molar-refractivity contribution in [2.75, 3.05) is 7.11 Å². The molecule has 0 unspecified atom stereocenters. The molecule has 0 spiro atoms. The maximum atomic E-state index is 12.8. The maximum Gasteiger partial charge on any atom is 0.192 e. The second-order valence-electron chi connectivity index (χ2n) is 6.22. The summed E-state index contributed by atoms with van der Waals surface area (Å²) in [6.45, 7) is 6.76. The molecule has 3 rings (SSSR count). The number of thioether (sulfide) groups is 1. The van der Waals surface area contributed by atoms with E-state index < -0.39 is 0 Å². The molecule has 2 aromatic carbocycles. The number of hydrogen-bond acceptors (Lipinski definition) is 5. The van der Waals surface area contributed by atoms with E-state index >= 15 is 0 Å². The lowest BCUT2D eigenvalue weighted by molar-refractivity contribution is 0.0994. The maximum absolute atomic E-state index is 12.8. The Balaban J connectivity index is 1.82. The number of carbonyl (C=O) groups is 1. The van der Waals surface area contributed by atoms with Crippen molar-refractivity contribution in [2.24, 2.45) is 0 Å². The first-order chi connectivity index (χ1) is 13.0. The minimum absolute atomic E-state index is 0.0609. The van der Waals surface area contributed by atoms with Gasteiger partial charge >= 0.3 is 0 Å². The summed E-state index contributed by atoms with van der Waals surface area (Å²) < 4.78 is 7.21. The number of Topliss-reactive ketones (excluding diaryl/α,β-unsaturated/α-hetero) is 1. The SMILES string of the molecule is CCn1c(S[C@H](C)C(=O)c2ccc(OC)cc2)nnc1-c1ccccc1C. The molecule has 140 valence electrons. The van der Waals surface area contributed by atoms with Gasteiger partial charge in [-0.2, -0.15) is 0 Å². The summed E-state index contributed by atoms with van der Waals surface area (Å²) in [4.78, 5) is 12.8. The van der Waals surface area contributed by atoms with Crippen LogP contribution in [0.3, 0.4) is 0 Å². The summed E-state index contributed by atoms with van der Waals surface area (Å²) in [5, 5.41) is 9.23. The largest absolute Gasteiger partial charge is 0.497 e. The van der Waals surface area contributed by atoms with Crippen molar-refractivity contribution < 1.29 is 9.53 Å². The number of rotatable bonds is 7. The fourth-order valence-corrected chi connectivity index (χ4v) is 3.88. The topological polar surface area (TPSA) is 57.0 Å². The van der Waals surface area contributed by atoms with Gasteiger partial charge in [0.1, 0.15) is 5.75 Å². The van der Waals surface area contributed by atoms with Crippen LogP contribution < -0.4 is 4.74 Å².